The maximum absolute atomic E-state index is 11.3. The summed E-state index contributed by atoms with van der Waals surface area (Å²) < 4.78 is 45.8. The first kappa shape index (κ1) is 10.1. The minimum Gasteiger partial charge on any atom is -0.279 e. The van der Waals surface area contributed by atoms with Crippen LogP contribution in [0, 0.1) is 0 Å². The maximum atomic E-state index is 11.3. The molecule has 0 atom stereocenters. The monoisotopic (exact) mass is 178 g/mol. The van der Waals surface area contributed by atoms with E-state index in [4.69, 9.17) is 0 Å². The van der Waals surface area contributed by atoms with Gasteiger partial charge >= 0.3 is 8.60 Å². The fraction of sp³-hybridized carbons (Fsp3) is 1.00. The Morgan fingerprint density at radius 2 is 1.10 bits per heavy atom. The molecule has 0 aliphatic carbocycles. The van der Waals surface area contributed by atoms with Gasteiger partial charge in [-0.15, -0.1) is 0 Å². The van der Waals surface area contributed by atoms with E-state index in [0.717, 1.165) is 0 Å². The SMILES string of the molecule is FCOP(OCF)OCF. The van der Waals surface area contributed by atoms with Crippen LogP contribution in [-0.4, -0.2) is 20.6 Å². The molecule has 0 aliphatic rings. The van der Waals surface area contributed by atoms with E-state index in [1.54, 1.807) is 0 Å². The Labute approximate surface area is 57.1 Å². The largest absolute Gasteiger partial charge is 0.340 e. The van der Waals surface area contributed by atoms with Crippen molar-refractivity contribution in [1.82, 2.24) is 0 Å². The van der Waals surface area contributed by atoms with E-state index in [9.17, 15) is 13.2 Å². The average Bonchev–Trinajstić information content (AvgIpc) is 1.90. The van der Waals surface area contributed by atoms with Crippen molar-refractivity contribution in [2.45, 2.75) is 0 Å². The molecule has 0 amide bonds. The number of hydrogen-bond donors (Lipinski definition) is 0. The molecule has 0 fully saturated rings. The lowest BCUT2D eigenvalue weighted by Crippen LogP contribution is -1.92. The van der Waals surface area contributed by atoms with Crippen LogP contribution in [0.2, 0.25) is 0 Å². The summed E-state index contributed by atoms with van der Waals surface area (Å²) in [7, 11) is -2.19. The van der Waals surface area contributed by atoms with Crippen molar-refractivity contribution in [1.29, 1.82) is 0 Å². The smallest absolute Gasteiger partial charge is 0.279 e. The quantitative estimate of drug-likeness (QED) is 0.582. The van der Waals surface area contributed by atoms with Crippen molar-refractivity contribution in [2.75, 3.05) is 20.6 Å². The van der Waals surface area contributed by atoms with Crippen LogP contribution in [0.4, 0.5) is 13.2 Å². The highest BCUT2D eigenvalue weighted by atomic mass is 31.2. The Balaban J connectivity index is 3.30. The zero-order chi connectivity index (χ0) is 7.82. The Hall–Kier alpha value is 0.1000. The summed E-state index contributed by atoms with van der Waals surface area (Å²) in [6.07, 6.45) is 0. The third-order valence-electron chi connectivity index (χ3n) is 0.463. The molecule has 0 rings (SSSR count). The fourth-order valence-electron chi connectivity index (χ4n) is 0.231. The Kier molecular flexibility index (Phi) is 7.28. The topological polar surface area (TPSA) is 27.7 Å². The standard InChI is InChI=1S/C3H6F3O3P/c4-1-7-10(8-2-5)9-3-6/h1-3H2. The van der Waals surface area contributed by atoms with Gasteiger partial charge in [0.05, 0.1) is 0 Å². The lowest BCUT2D eigenvalue weighted by Gasteiger charge is -2.09. The second-order valence-corrected chi connectivity index (χ2v) is 2.16. The normalized spacial score (nSPS) is 10.8. The summed E-state index contributed by atoms with van der Waals surface area (Å²) in [5, 5.41) is 0. The predicted molar refractivity (Wildman–Crippen MR) is 28.1 cm³/mol. The molecule has 0 aromatic rings. The van der Waals surface area contributed by atoms with E-state index >= 15 is 0 Å². The van der Waals surface area contributed by atoms with E-state index in [0.29, 0.717) is 0 Å². The molecule has 0 saturated carbocycles. The Bertz CT molecular complexity index is 61.7. The third kappa shape index (κ3) is 4.93. The van der Waals surface area contributed by atoms with E-state index in [2.05, 4.69) is 13.6 Å². The van der Waals surface area contributed by atoms with Crippen LogP contribution in [0.15, 0.2) is 0 Å². The highest BCUT2D eigenvalue weighted by Crippen LogP contribution is 2.39. The average molecular weight is 178 g/mol. The van der Waals surface area contributed by atoms with Crippen LogP contribution in [0.5, 0.6) is 0 Å². The second kappa shape index (κ2) is 7.21. The lowest BCUT2D eigenvalue weighted by atomic mass is 11.6. The minimum absolute atomic E-state index is 1.19. The molecule has 0 radical (unpaired) electrons. The molecule has 0 heterocycles. The van der Waals surface area contributed by atoms with Crippen LogP contribution in [0.3, 0.4) is 0 Å². The van der Waals surface area contributed by atoms with Crippen molar-refractivity contribution in [3.63, 3.8) is 0 Å². The maximum Gasteiger partial charge on any atom is 0.340 e. The van der Waals surface area contributed by atoms with E-state index < -0.39 is 29.2 Å². The molecule has 0 aromatic carbocycles. The summed E-state index contributed by atoms with van der Waals surface area (Å²) in [5.41, 5.74) is 0. The third-order valence-corrected chi connectivity index (χ3v) is 1.39. The van der Waals surface area contributed by atoms with Gasteiger partial charge in [-0.05, 0) is 0 Å². The number of alkyl halides is 3. The molecule has 62 valence electrons. The summed E-state index contributed by atoms with van der Waals surface area (Å²) in [4.78, 5) is 0. The summed E-state index contributed by atoms with van der Waals surface area (Å²) in [5.74, 6) is 0. The molecule has 3 nitrogen and oxygen atoms in total. The Morgan fingerprint density at radius 1 is 0.800 bits per heavy atom. The summed E-state index contributed by atoms with van der Waals surface area (Å²) in [6.45, 7) is -3.57. The molecule has 7 heteroatoms. The molecular weight excluding hydrogens is 172 g/mol. The van der Waals surface area contributed by atoms with Gasteiger partial charge in [0.25, 0.3) is 0 Å². The van der Waals surface area contributed by atoms with Crippen molar-refractivity contribution < 1.29 is 26.7 Å². The first-order valence-corrected chi connectivity index (χ1v) is 3.31. The van der Waals surface area contributed by atoms with Crippen molar-refractivity contribution in [3.05, 3.63) is 0 Å². The highest BCUT2D eigenvalue weighted by molar-refractivity contribution is 7.41. The fourth-order valence-corrected chi connectivity index (χ4v) is 0.694. The van der Waals surface area contributed by atoms with E-state index in [-0.39, 0.29) is 0 Å². The van der Waals surface area contributed by atoms with Gasteiger partial charge in [0.15, 0.2) is 20.6 Å². The predicted octanol–water partition coefficient (Wildman–Crippen LogP) is 2.04. The molecule has 0 spiro atoms. The van der Waals surface area contributed by atoms with Crippen molar-refractivity contribution >= 4 is 8.60 Å². The van der Waals surface area contributed by atoms with Crippen LogP contribution >= 0.6 is 8.60 Å². The Morgan fingerprint density at radius 3 is 1.30 bits per heavy atom. The minimum atomic E-state index is -2.19. The summed E-state index contributed by atoms with van der Waals surface area (Å²) >= 11 is 0. The number of halogens is 3. The van der Waals surface area contributed by atoms with E-state index in [1.165, 1.54) is 0 Å². The van der Waals surface area contributed by atoms with Gasteiger partial charge in [0, 0.05) is 0 Å². The zero-order valence-electron chi connectivity index (χ0n) is 4.93. The van der Waals surface area contributed by atoms with Gasteiger partial charge in [-0.2, -0.15) is 0 Å². The van der Waals surface area contributed by atoms with E-state index in [1.807, 2.05) is 0 Å². The van der Waals surface area contributed by atoms with Gasteiger partial charge in [0.1, 0.15) is 0 Å². The van der Waals surface area contributed by atoms with Gasteiger partial charge in [-0.25, -0.2) is 13.2 Å². The first-order chi connectivity index (χ1) is 4.85. The second-order valence-electron chi connectivity index (χ2n) is 0.938. The molecule has 0 bridgehead atoms. The van der Waals surface area contributed by atoms with Crippen LogP contribution in [0.25, 0.3) is 0 Å². The van der Waals surface area contributed by atoms with Gasteiger partial charge < -0.3 is 0 Å². The molecule has 0 N–H and O–H groups in total. The van der Waals surface area contributed by atoms with Crippen molar-refractivity contribution in [3.8, 4) is 0 Å². The molecule has 10 heavy (non-hydrogen) atoms. The lowest BCUT2D eigenvalue weighted by molar-refractivity contribution is 0.0692. The molecule has 0 aromatic heterocycles. The van der Waals surface area contributed by atoms with Crippen LogP contribution < -0.4 is 0 Å². The first-order valence-electron chi connectivity index (χ1n) is 2.22. The van der Waals surface area contributed by atoms with Crippen molar-refractivity contribution in [2.24, 2.45) is 0 Å². The number of rotatable bonds is 6. The molecular formula is C3H6F3O3P. The van der Waals surface area contributed by atoms with Gasteiger partial charge in [0.2, 0.25) is 0 Å². The van der Waals surface area contributed by atoms with Crippen LogP contribution in [-0.2, 0) is 13.6 Å². The highest BCUT2D eigenvalue weighted by Gasteiger charge is 2.11. The molecule has 0 unspecified atom stereocenters. The molecule has 0 aliphatic heterocycles. The zero-order valence-corrected chi connectivity index (χ0v) is 5.82. The van der Waals surface area contributed by atoms with Gasteiger partial charge in [-0.1, -0.05) is 0 Å². The van der Waals surface area contributed by atoms with Crippen LogP contribution in [0.1, 0.15) is 0 Å². The summed E-state index contributed by atoms with van der Waals surface area (Å²) in [6, 6.07) is 0. The molecule has 0 saturated heterocycles. The number of hydrogen-bond acceptors (Lipinski definition) is 3. The van der Waals surface area contributed by atoms with Gasteiger partial charge in [-0.3, -0.25) is 13.6 Å².